The number of pyridine rings is 1. The second-order valence-corrected chi connectivity index (χ2v) is 7.35. The molecule has 0 aliphatic carbocycles. The molecule has 9 heteroatoms. The number of methoxy groups -OCH3 is 1. The molecule has 1 aromatic heterocycles. The van der Waals surface area contributed by atoms with Crippen molar-refractivity contribution in [1.29, 1.82) is 0 Å². The zero-order valence-electron chi connectivity index (χ0n) is 16.0. The Morgan fingerprint density at radius 3 is 2.52 bits per heavy atom. The Balaban J connectivity index is 1.62. The van der Waals surface area contributed by atoms with E-state index in [1.54, 1.807) is 0 Å². The van der Waals surface area contributed by atoms with Gasteiger partial charge in [0.25, 0.3) is 0 Å². The number of nitro groups is 1. The van der Waals surface area contributed by atoms with Crippen molar-refractivity contribution in [1.82, 2.24) is 14.8 Å². The molecule has 0 saturated carbocycles. The highest BCUT2D eigenvalue weighted by Gasteiger charge is 2.28. The lowest BCUT2D eigenvalue weighted by atomic mass is 9.95. The highest BCUT2D eigenvalue weighted by atomic mass is 16.6. The van der Waals surface area contributed by atoms with Gasteiger partial charge in [-0.15, -0.1) is 0 Å². The van der Waals surface area contributed by atoms with Crippen molar-refractivity contribution in [2.75, 3.05) is 64.9 Å². The molecule has 27 heavy (non-hydrogen) atoms. The number of esters is 1. The Kier molecular flexibility index (Phi) is 6.22. The third-order valence-corrected chi connectivity index (χ3v) is 5.49. The van der Waals surface area contributed by atoms with Gasteiger partial charge in [-0.05, 0) is 25.8 Å². The first-order valence-electron chi connectivity index (χ1n) is 9.36. The van der Waals surface area contributed by atoms with Crippen LogP contribution in [-0.4, -0.2) is 85.6 Å². The number of nitrogens with zero attached hydrogens (tertiary/aromatic N) is 5. The molecule has 2 saturated heterocycles. The largest absolute Gasteiger partial charge is 0.465 e. The normalized spacial score (nSPS) is 19.9. The number of hydrogen-bond acceptors (Lipinski definition) is 8. The molecule has 0 unspecified atom stereocenters. The number of anilines is 1. The standard InChI is InChI=1S/C18H27N5O4/c1-20-7-9-21(10-8-20)13-14-3-5-22(6-4-14)17-16(23(25)26)11-15(12-19-17)18(24)27-2/h11-12,14H,3-10,13H2,1-2H3. The van der Waals surface area contributed by atoms with E-state index in [9.17, 15) is 14.9 Å². The lowest BCUT2D eigenvalue weighted by Crippen LogP contribution is -2.47. The van der Waals surface area contributed by atoms with Gasteiger partial charge in [-0.25, -0.2) is 9.78 Å². The molecular formula is C18H27N5O4. The number of rotatable bonds is 5. The Morgan fingerprint density at radius 2 is 1.93 bits per heavy atom. The van der Waals surface area contributed by atoms with E-state index in [1.165, 1.54) is 19.4 Å². The van der Waals surface area contributed by atoms with Crippen molar-refractivity contribution in [3.05, 3.63) is 27.9 Å². The van der Waals surface area contributed by atoms with E-state index in [1.807, 2.05) is 4.90 Å². The van der Waals surface area contributed by atoms with E-state index in [4.69, 9.17) is 0 Å². The molecule has 148 valence electrons. The number of carbonyl (C=O) groups is 1. The molecule has 3 rings (SSSR count). The first-order chi connectivity index (χ1) is 13.0. The molecule has 0 spiro atoms. The third kappa shape index (κ3) is 4.72. The lowest BCUT2D eigenvalue weighted by Gasteiger charge is -2.38. The van der Waals surface area contributed by atoms with Crippen LogP contribution in [0.1, 0.15) is 23.2 Å². The number of aromatic nitrogens is 1. The first kappa shape index (κ1) is 19.5. The molecule has 0 aromatic carbocycles. The second-order valence-electron chi connectivity index (χ2n) is 7.35. The van der Waals surface area contributed by atoms with Crippen LogP contribution < -0.4 is 4.90 Å². The van der Waals surface area contributed by atoms with E-state index in [2.05, 4.69) is 26.6 Å². The van der Waals surface area contributed by atoms with Gasteiger partial charge in [0.05, 0.1) is 17.6 Å². The molecule has 0 bridgehead atoms. The quantitative estimate of drug-likeness (QED) is 0.430. The third-order valence-electron chi connectivity index (χ3n) is 5.49. The van der Waals surface area contributed by atoms with Crippen LogP contribution in [0.2, 0.25) is 0 Å². The molecule has 1 aromatic rings. The summed E-state index contributed by atoms with van der Waals surface area (Å²) in [7, 11) is 3.40. The van der Waals surface area contributed by atoms with Crippen LogP contribution in [-0.2, 0) is 4.74 Å². The van der Waals surface area contributed by atoms with Crippen LogP contribution in [0.4, 0.5) is 11.5 Å². The van der Waals surface area contributed by atoms with Gasteiger partial charge in [-0.2, -0.15) is 0 Å². The van der Waals surface area contributed by atoms with Crippen LogP contribution in [0, 0.1) is 16.0 Å². The number of carbonyl (C=O) groups excluding carboxylic acids is 1. The van der Waals surface area contributed by atoms with Gasteiger partial charge in [0, 0.05) is 58.1 Å². The first-order valence-corrected chi connectivity index (χ1v) is 9.36. The zero-order chi connectivity index (χ0) is 19.4. The van der Waals surface area contributed by atoms with Crippen LogP contribution in [0.5, 0.6) is 0 Å². The maximum atomic E-state index is 11.6. The summed E-state index contributed by atoms with van der Waals surface area (Å²) in [6.07, 6.45) is 3.33. The van der Waals surface area contributed by atoms with Gasteiger partial charge in [0.15, 0.2) is 0 Å². The van der Waals surface area contributed by atoms with Crippen molar-refractivity contribution in [3.8, 4) is 0 Å². The average molecular weight is 377 g/mol. The zero-order valence-corrected chi connectivity index (χ0v) is 16.0. The van der Waals surface area contributed by atoms with Crippen LogP contribution >= 0.6 is 0 Å². The summed E-state index contributed by atoms with van der Waals surface area (Å²) in [5.41, 5.74) is -0.0479. The predicted molar refractivity (Wildman–Crippen MR) is 101 cm³/mol. The Hall–Kier alpha value is -2.26. The number of hydrogen-bond donors (Lipinski definition) is 0. The van der Waals surface area contributed by atoms with E-state index in [-0.39, 0.29) is 11.3 Å². The van der Waals surface area contributed by atoms with Crippen LogP contribution in [0.25, 0.3) is 0 Å². The molecule has 2 fully saturated rings. The fourth-order valence-corrected chi connectivity index (χ4v) is 3.78. The summed E-state index contributed by atoms with van der Waals surface area (Å²) in [6, 6.07) is 1.25. The highest BCUT2D eigenvalue weighted by Crippen LogP contribution is 2.30. The average Bonchev–Trinajstić information content (AvgIpc) is 2.69. The van der Waals surface area contributed by atoms with E-state index >= 15 is 0 Å². The fraction of sp³-hybridized carbons (Fsp3) is 0.667. The molecule has 2 aliphatic heterocycles. The van der Waals surface area contributed by atoms with Crippen LogP contribution in [0.3, 0.4) is 0 Å². The van der Waals surface area contributed by atoms with Crippen LogP contribution in [0.15, 0.2) is 12.3 Å². The molecule has 3 heterocycles. The SMILES string of the molecule is COC(=O)c1cnc(N2CCC(CN3CCN(C)CC3)CC2)c([N+](=O)[O-])c1. The highest BCUT2D eigenvalue weighted by molar-refractivity contribution is 5.90. The maximum Gasteiger partial charge on any atom is 0.339 e. The summed E-state index contributed by atoms with van der Waals surface area (Å²) >= 11 is 0. The minimum atomic E-state index is -0.622. The monoisotopic (exact) mass is 377 g/mol. The minimum Gasteiger partial charge on any atom is -0.465 e. The topological polar surface area (TPSA) is 92.1 Å². The second kappa shape index (κ2) is 8.62. The van der Waals surface area contributed by atoms with Gasteiger partial charge >= 0.3 is 11.7 Å². The Labute approximate surface area is 159 Å². The minimum absolute atomic E-state index is 0.0953. The van der Waals surface area contributed by atoms with Crippen molar-refractivity contribution < 1.29 is 14.5 Å². The number of ether oxygens (including phenoxy) is 1. The van der Waals surface area contributed by atoms with E-state index in [0.717, 1.165) is 58.7 Å². The van der Waals surface area contributed by atoms with Gasteiger partial charge in [0.1, 0.15) is 0 Å². The molecular weight excluding hydrogens is 350 g/mol. The van der Waals surface area contributed by atoms with Crippen molar-refractivity contribution in [3.63, 3.8) is 0 Å². The van der Waals surface area contributed by atoms with Crippen molar-refractivity contribution in [2.45, 2.75) is 12.8 Å². The van der Waals surface area contributed by atoms with Crippen molar-refractivity contribution in [2.24, 2.45) is 5.92 Å². The Bertz CT molecular complexity index is 682. The number of piperidine rings is 1. The van der Waals surface area contributed by atoms with Gasteiger partial charge in [-0.1, -0.05) is 0 Å². The summed E-state index contributed by atoms with van der Waals surface area (Å²) in [6.45, 7) is 7.02. The van der Waals surface area contributed by atoms with Gasteiger partial charge < -0.3 is 19.4 Å². The summed E-state index contributed by atoms with van der Waals surface area (Å²) in [5.74, 6) is 0.326. The number of likely N-dealkylation sites (N-methyl/N-ethyl adjacent to an activating group) is 1. The lowest BCUT2D eigenvalue weighted by molar-refractivity contribution is -0.384. The molecule has 0 radical (unpaired) electrons. The number of piperazine rings is 1. The summed E-state index contributed by atoms with van der Waals surface area (Å²) in [4.78, 5) is 33.6. The van der Waals surface area contributed by atoms with Gasteiger partial charge in [-0.3, -0.25) is 10.1 Å². The fourth-order valence-electron chi connectivity index (χ4n) is 3.78. The van der Waals surface area contributed by atoms with Gasteiger partial charge in [0.2, 0.25) is 5.82 Å². The maximum absolute atomic E-state index is 11.6. The molecule has 9 nitrogen and oxygen atoms in total. The predicted octanol–water partition coefficient (Wildman–Crippen LogP) is 1.24. The summed E-state index contributed by atoms with van der Waals surface area (Å²) < 4.78 is 4.63. The van der Waals surface area contributed by atoms with E-state index in [0.29, 0.717) is 11.7 Å². The Morgan fingerprint density at radius 1 is 1.26 bits per heavy atom. The smallest absolute Gasteiger partial charge is 0.339 e. The molecule has 0 amide bonds. The summed E-state index contributed by atoms with van der Waals surface area (Å²) in [5, 5.41) is 11.5. The van der Waals surface area contributed by atoms with Crippen molar-refractivity contribution >= 4 is 17.5 Å². The molecule has 2 aliphatic rings. The molecule has 0 atom stereocenters. The molecule has 0 N–H and O–H groups in total. The van der Waals surface area contributed by atoms with E-state index < -0.39 is 10.9 Å².